The van der Waals surface area contributed by atoms with Gasteiger partial charge < -0.3 is 10.6 Å². The zero-order chi connectivity index (χ0) is 39.7. The molecule has 0 aromatic heterocycles. The van der Waals surface area contributed by atoms with Gasteiger partial charge in [0.15, 0.2) is 0 Å². The number of ketones is 2. The van der Waals surface area contributed by atoms with Crippen LogP contribution in [0, 0.1) is 27.7 Å². The number of aryl methyl sites for hydroxylation is 4. The fraction of sp³-hybridized carbons (Fsp3) is 0.0909. The van der Waals surface area contributed by atoms with Crippen LogP contribution in [0.15, 0.2) is 118 Å². The van der Waals surface area contributed by atoms with Crippen molar-refractivity contribution in [3.05, 3.63) is 163 Å². The van der Waals surface area contributed by atoms with Crippen LogP contribution in [-0.4, -0.2) is 34.8 Å². The molecular weight excluding hydrogens is 747 g/mol. The second-order valence-electron chi connectivity index (χ2n) is 13.4. The molecule has 56 heavy (non-hydrogen) atoms. The van der Waals surface area contributed by atoms with Crippen molar-refractivity contribution in [1.82, 2.24) is 0 Å². The molecule has 4 N–H and O–H groups in total. The molecule has 7 rings (SSSR count). The van der Waals surface area contributed by atoms with E-state index in [4.69, 9.17) is 23.2 Å². The van der Waals surface area contributed by atoms with Crippen LogP contribution in [0.5, 0.6) is 0 Å². The summed E-state index contributed by atoms with van der Waals surface area (Å²) in [5, 5.41) is 15.6. The van der Waals surface area contributed by atoms with E-state index in [9.17, 15) is 19.2 Å². The van der Waals surface area contributed by atoms with Gasteiger partial charge in [-0.3, -0.25) is 30.0 Å². The van der Waals surface area contributed by atoms with Crippen LogP contribution in [0.25, 0.3) is 12.2 Å². The lowest BCUT2D eigenvalue weighted by Gasteiger charge is -2.20. The monoisotopic (exact) mass is 780 g/mol. The maximum absolute atomic E-state index is 13.8. The van der Waals surface area contributed by atoms with Gasteiger partial charge in [0.1, 0.15) is 11.4 Å². The molecule has 0 unspecified atom stereocenters. The summed E-state index contributed by atoms with van der Waals surface area (Å²) in [6.07, 6.45) is 3.09. The highest BCUT2D eigenvalue weighted by molar-refractivity contribution is 6.60. The Labute approximate surface area is 333 Å². The highest BCUT2D eigenvalue weighted by atomic mass is 35.5. The maximum atomic E-state index is 13.8. The predicted octanol–water partition coefficient (Wildman–Crippen LogP) is 9.07. The summed E-state index contributed by atoms with van der Waals surface area (Å²) in [6.45, 7) is 7.29. The van der Waals surface area contributed by atoms with E-state index in [1.54, 1.807) is 98.8 Å². The van der Waals surface area contributed by atoms with Crippen LogP contribution >= 0.6 is 23.2 Å². The van der Waals surface area contributed by atoms with E-state index in [1.165, 1.54) is 0 Å². The first kappa shape index (κ1) is 37.7. The number of carbonyl (C=O) groups is 4. The molecule has 5 aromatic carbocycles. The topological polar surface area (TPSA) is 141 Å². The molecule has 12 heteroatoms. The molecule has 278 valence electrons. The van der Waals surface area contributed by atoms with Crippen LogP contribution in [0.3, 0.4) is 0 Å². The number of benzene rings is 5. The molecule has 0 fully saturated rings. The van der Waals surface area contributed by atoms with Gasteiger partial charge in [-0.1, -0.05) is 83.9 Å². The largest absolute Gasteiger partial charge is 0.322 e. The van der Waals surface area contributed by atoms with Crippen LogP contribution < -0.4 is 21.5 Å². The number of hydrogen-bond acceptors (Lipinski definition) is 8. The Bertz CT molecular complexity index is 2460. The summed E-state index contributed by atoms with van der Waals surface area (Å²) < 4.78 is 0. The Morgan fingerprint density at radius 2 is 0.893 bits per heavy atom. The third-order valence-electron chi connectivity index (χ3n) is 9.48. The predicted molar refractivity (Wildman–Crippen MR) is 225 cm³/mol. The Balaban J connectivity index is 1.11. The molecule has 0 aliphatic heterocycles. The summed E-state index contributed by atoms with van der Waals surface area (Å²) in [6, 6.07) is 28.4. The van der Waals surface area contributed by atoms with E-state index < -0.39 is 23.4 Å². The van der Waals surface area contributed by atoms with Gasteiger partial charge in [-0.15, -0.1) is 0 Å². The van der Waals surface area contributed by atoms with E-state index in [0.29, 0.717) is 66.2 Å². The molecule has 10 nitrogen and oxygen atoms in total. The highest BCUT2D eigenvalue weighted by Crippen LogP contribution is 2.30. The van der Waals surface area contributed by atoms with Gasteiger partial charge >= 0.3 is 0 Å². The molecule has 0 heterocycles. The fourth-order valence-corrected chi connectivity index (χ4v) is 6.65. The van der Waals surface area contributed by atoms with Crippen LogP contribution in [0.1, 0.15) is 44.5 Å². The lowest BCUT2D eigenvalue weighted by Crippen LogP contribution is -2.31. The first-order valence-corrected chi connectivity index (χ1v) is 18.3. The summed E-state index contributed by atoms with van der Waals surface area (Å²) in [7, 11) is 0. The number of anilines is 4. The molecule has 0 spiro atoms. The number of rotatable bonds is 8. The number of hydrogen-bond donors (Lipinski definition) is 4. The molecule has 0 atom stereocenters. The molecule has 0 saturated carbocycles. The van der Waals surface area contributed by atoms with Gasteiger partial charge in [0.05, 0.1) is 22.5 Å². The molecule has 5 aromatic rings. The first-order chi connectivity index (χ1) is 26.9. The zero-order valence-corrected chi connectivity index (χ0v) is 32.2. The fourth-order valence-electron chi connectivity index (χ4n) is 6.30. The first-order valence-electron chi connectivity index (χ1n) is 17.5. The van der Waals surface area contributed by atoms with Crippen molar-refractivity contribution in [3.63, 3.8) is 0 Å². The number of nitrogens with zero attached hydrogens (tertiary/aromatic N) is 2. The second-order valence-corrected chi connectivity index (χ2v) is 14.3. The van der Waals surface area contributed by atoms with Gasteiger partial charge in [-0.25, -0.2) is 0 Å². The number of amides is 2. The number of halogens is 2. The van der Waals surface area contributed by atoms with Gasteiger partial charge in [0.2, 0.25) is 11.6 Å². The smallest absolute Gasteiger partial charge is 0.259 e. The van der Waals surface area contributed by atoms with Crippen LogP contribution in [0.2, 0.25) is 10.0 Å². The Morgan fingerprint density at radius 1 is 0.500 bits per heavy atom. The lowest BCUT2D eigenvalue weighted by atomic mass is 9.89. The van der Waals surface area contributed by atoms with Crippen molar-refractivity contribution < 1.29 is 19.2 Å². The molecule has 0 saturated heterocycles. The number of hydrazone groups is 2. The molecule has 0 bridgehead atoms. The normalized spacial score (nSPS) is 14.8. The van der Waals surface area contributed by atoms with E-state index in [1.807, 2.05) is 38.1 Å². The molecule has 2 aliphatic rings. The minimum atomic E-state index is -0.625. The van der Waals surface area contributed by atoms with Crippen molar-refractivity contribution >= 4 is 92.9 Å². The quantitative estimate of drug-likeness (QED) is 0.0915. The molecule has 2 amide bonds. The number of fused-ring (bicyclic) bond motifs is 2. The number of carbonyl (C=O) groups excluding carboxylic acids is 4. The summed E-state index contributed by atoms with van der Waals surface area (Å²) in [4.78, 5) is 55.1. The average molecular weight is 782 g/mol. The van der Waals surface area contributed by atoms with E-state index in [-0.39, 0.29) is 22.6 Å². The van der Waals surface area contributed by atoms with Gasteiger partial charge in [0, 0.05) is 32.5 Å². The zero-order valence-electron chi connectivity index (χ0n) is 30.7. The van der Waals surface area contributed by atoms with Crippen molar-refractivity contribution in [2.75, 3.05) is 21.5 Å². The SMILES string of the molecule is Cc1ccc(Cl)cc1N/N=C1/C(=O)C(C(=O)Nc2cc(C)c(NC(=O)C3=Cc4ccccc4/C(=N\Nc4cc(Cl)ccc4C)C3=O)cc2C)=Cc2ccccc21. The van der Waals surface area contributed by atoms with Gasteiger partial charge in [-0.05, 0) is 110 Å². The third kappa shape index (κ3) is 7.66. The number of nitrogens with one attached hydrogen (secondary N) is 4. The Morgan fingerprint density at radius 3 is 1.30 bits per heavy atom. The van der Waals surface area contributed by atoms with Crippen molar-refractivity contribution in [3.8, 4) is 0 Å². The highest BCUT2D eigenvalue weighted by Gasteiger charge is 2.32. The Hall–Kier alpha value is -6.62. The van der Waals surface area contributed by atoms with Crippen LogP contribution in [0.4, 0.5) is 22.7 Å². The molecular formula is C44H34Cl2N6O4. The summed E-state index contributed by atoms with van der Waals surface area (Å²) in [5.74, 6) is -2.36. The average Bonchev–Trinajstić information content (AvgIpc) is 3.18. The number of Topliss-reactive ketones (excluding diaryl/α,β-unsaturated/α-hetero) is 2. The van der Waals surface area contributed by atoms with E-state index in [2.05, 4.69) is 31.7 Å². The standard InChI is InChI=1S/C44H34Cl2N6O4/c1-23-13-15-29(45)21-37(23)49-51-39-31-11-7-5-9-27(31)19-33(41(39)53)43(55)47-35-17-26(4)36(18-25(35)3)48-44(56)34-20-28-10-6-8-12-32(28)40(42(34)54)52-50-38-22-30(46)16-14-24(38)2/h5-22,49-50H,1-4H3,(H,47,55)(H,48,56)/b51-39+,52-40+. The summed E-state index contributed by atoms with van der Waals surface area (Å²) in [5.41, 5.74) is 13.4. The van der Waals surface area contributed by atoms with Gasteiger partial charge in [0.25, 0.3) is 11.8 Å². The molecule has 0 radical (unpaired) electrons. The minimum Gasteiger partial charge on any atom is -0.322 e. The maximum Gasteiger partial charge on any atom is 0.259 e. The molecule has 2 aliphatic carbocycles. The minimum absolute atomic E-state index is 0.0799. The Kier molecular flexibility index (Phi) is 10.5. The summed E-state index contributed by atoms with van der Waals surface area (Å²) >= 11 is 12.4. The van der Waals surface area contributed by atoms with Gasteiger partial charge in [-0.2, -0.15) is 10.2 Å². The second kappa shape index (κ2) is 15.6. The van der Waals surface area contributed by atoms with Crippen molar-refractivity contribution in [1.29, 1.82) is 0 Å². The van der Waals surface area contributed by atoms with Crippen molar-refractivity contribution in [2.24, 2.45) is 10.2 Å². The lowest BCUT2D eigenvalue weighted by molar-refractivity contribution is -0.118. The van der Waals surface area contributed by atoms with E-state index in [0.717, 1.165) is 11.1 Å². The van der Waals surface area contributed by atoms with Crippen LogP contribution in [-0.2, 0) is 19.2 Å². The van der Waals surface area contributed by atoms with Crippen molar-refractivity contribution in [2.45, 2.75) is 27.7 Å². The van der Waals surface area contributed by atoms with E-state index >= 15 is 0 Å². The third-order valence-corrected chi connectivity index (χ3v) is 9.95.